The van der Waals surface area contributed by atoms with Gasteiger partial charge in [-0.15, -0.1) is 11.3 Å². The summed E-state index contributed by atoms with van der Waals surface area (Å²) in [6, 6.07) is 2.18. The zero-order valence-electron chi connectivity index (χ0n) is 10.6. The van der Waals surface area contributed by atoms with Crippen molar-refractivity contribution in [2.75, 3.05) is 13.1 Å². The second-order valence-corrected chi connectivity index (χ2v) is 5.46. The molecule has 2 N–H and O–H groups in total. The summed E-state index contributed by atoms with van der Waals surface area (Å²) >= 11 is 1.32. The molecule has 2 heterocycles. The number of carboxylic acid groups (broad SMARTS) is 1. The number of nitrogens with one attached hydrogen (secondary N) is 1. The summed E-state index contributed by atoms with van der Waals surface area (Å²) in [6.07, 6.45) is 2.83. The second-order valence-electron chi connectivity index (χ2n) is 4.48. The standard InChI is InChI=1S/C13H16N2O3S/c1-9-4-6-15(7-5-9)13(18)14-11(12(16)17)10-3-2-8-19-10/h2-4,8,11H,5-7H2,1H3,(H,14,18)(H,16,17). The minimum Gasteiger partial charge on any atom is -0.479 e. The van der Waals surface area contributed by atoms with E-state index in [1.54, 1.807) is 22.4 Å². The number of carboxylic acids is 1. The van der Waals surface area contributed by atoms with E-state index >= 15 is 0 Å². The van der Waals surface area contributed by atoms with Gasteiger partial charge in [0, 0.05) is 18.0 Å². The topological polar surface area (TPSA) is 69.6 Å². The van der Waals surface area contributed by atoms with Crippen LogP contribution in [0.2, 0.25) is 0 Å². The molecule has 19 heavy (non-hydrogen) atoms. The fourth-order valence-electron chi connectivity index (χ4n) is 1.88. The lowest BCUT2D eigenvalue weighted by Gasteiger charge is -2.27. The minimum absolute atomic E-state index is 0.329. The Morgan fingerprint density at radius 3 is 2.84 bits per heavy atom. The van der Waals surface area contributed by atoms with Gasteiger partial charge in [-0.3, -0.25) is 0 Å². The molecule has 1 atom stereocenters. The highest BCUT2D eigenvalue weighted by Crippen LogP contribution is 2.20. The van der Waals surface area contributed by atoms with Gasteiger partial charge >= 0.3 is 12.0 Å². The van der Waals surface area contributed by atoms with Crippen LogP contribution >= 0.6 is 11.3 Å². The molecule has 0 saturated heterocycles. The number of carbonyl (C=O) groups is 2. The molecule has 0 fully saturated rings. The highest BCUT2D eigenvalue weighted by molar-refractivity contribution is 7.10. The number of urea groups is 1. The third kappa shape index (κ3) is 3.35. The Balaban J connectivity index is 2.02. The fourth-order valence-corrected chi connectivity index (χ4v) is 2.65. The van der Waals surface area contributed by atoms with Gasteiger partial charge in [0.05, 0.1) is 0 Å². The monoisotopic (exact) mass is 280 g/mol. The Labute approximate surface area is 115 Å². The van der Waals surface area contributed by atoms with Crippen molar-refractivity contribution >= 4 is 23.3 Å². The number of rotatable bonds is 3. The lowest BCUT2D eigenvalue weighted by molar-refractivity contribution is -0.139. The van der Waals surface area contributed by atoms with Crippen molar-refractivity contribution in [3.05, 3.63) is 34.0 Å². The number of hydrogen-bond donors (Lipinski definition) is 2. The van der Waals surface area contributed by atoms with Gasteiger partial charge in [0.15, 0.2) is 6.04 Å². The maximum Gasteiger partial charge on any atom is 0.331 e. The third-order valence-corrected chi connectivity index (χ3v) is 4.00. The van der Waals surface area contributed by atoms with E-state index in [2.05, 4.69) is 5.32 Å². The normalized spacial score (nSPS) is 16.7. The molecule has 0 radical (unpaired) electrons. The molecule has 1 unspecified atom stereocenters. The smallest absolute Gasteiger partial charge is 0.331 e. The van der Waals surface area contributed by atoms with Crippen molar-refractivity contribution in [2.45, 2.75) is 19.4 Å². The third-order valence-electron chi connectivity index (χ3n) is 3.07. The summed E-state index contributed by atoms with van der Waals surface area (Å²) in [4.78, 5) is 25.5. The molecule has 0 spiro atoms. The number of nitrogens with zero attached hydrogens (tertiary/aromatic N) is 1. The van der Waals surface area contributed by atoms with E-state index in [9.17, 15) is 14.7 Å². The molecule has 6 heteroatoms. The molecular formula is C13H16N2O3S. The van der Waals surface area contributed by atoms with Crippen molar-refractivity contribution in [1.82, 2.24) is 10.2 Å². The molecule has 1 aliphatic heterocycles. The van der Waals surface area contributed by atoms with Gasteiger partial charge in [-0.25, -0.2) is 9.59 Å². The number of hydrogen-bond acceptors (Lipinski definition) is 3. The highest BCUT2D eigenvalue weighted by atomic mass is 32.1. The number of amides is 2. The Bertz CT molecular complexity index is 496. The van der Waals surface area contributed by atoms with E-state index in [4.69, 9.17) is 0 Å². The molecule has 1 aromatic heterocycles. The largest absolute Gasteiger partial charge is 0.479 e. The predicted octanol–water partition coefficient (Wildman–Crippen LogP) is 2.24. The summed E-state index contributed by atoms with van der Waals surface area (Å²) in [5.41, 5.74) is 1.26. The first kappa shape index (κ1) is 13.6. The molecule has 0 aliphatic carbocycles. The van der Waals surface area contributed by atoms with Crippen molar-refractivity contribution in [2.24, 2.45) is 0 Å². The Kier molecular flexibility index (Phi) is 4.21. The maximum atomic E-state index is 12.0. The molecule has 5 nitrogen and oxygen atoms in total. The van der Waals surface area contributed by atoms with Crippen LogP contribution in [0.4, 0.5) is 4.79 Å². The molecular weight excluding hydrogens is 264 g/mol. The van der Waals surface area contributed by atoms with E-state index < -0.39 is 12.0 Å². The van der Waals surface area contributed by atoms with Crippen molar-refractivity contribution < 1.29 is 14.7 Å². The van der Waals surface area contributed by atoms with Crippen molar-refractivity contribution in [1.29, 1.82) is 0 Å². The highest BCUT2D eigenvalue weighted by Gasteiger charge is 2.25. The summed E-state index contributed by atoms with van der Waals surface area (Å²) in [7, 11) is 0. The summed E-state index contributed by atoms with van der Waals surface area (Å²) < 4.78 is 0. The van der Waals surface area contributed by atoms with Crippen LogP contribution in [0, 0.1) is 0 Å². The Hall–Kier alpha value is -1.82. The van der Waals surface area contributed by atoms with Gasteiger partial charge in [-0.1, -0.05) is 17.7 Å². The van der Waals surface area contributed by atoms with Crippen LogP contribution in [0.3, 0.4) is 0 Å². The quantitative estimate of drug-likeness (QED) is 0.834. The molecule has 102 valence electrons. The van der Waals surface area contributed by atoms with Gasteiger partial charge in [0.25, 0.3) is 0 Å². The molecule has 0 aromatic carbocycles. The number of thiophene rings is 1. The zero-order chi connectivity index (χ0) is 13.8. The molecule has 0 saturated carbocycles. The number of aliphatic carboxylic acids is 1. The van der Waals surface area contributed by atoms with Gasteiger partial charge in [-0.2, -0.15) is 0 Å². The van der Waals surface area contributed by atoms with Crippen molar-refractivity contribution in [3.63, 3.8) is 0 Å². The molecule has 1 aromatic rings. The first-order valence-corrected chi connectivity index (χ1v) is 6.93. The van der Waals surface area contributed by atoms with E-state index in [0.717, 1.165) is 6.42 Å². The molecule has 0 bridgehead atoms. The van der Waals surface area contributed by atoms with Gasteiger partial charge in [-0.05, 0) is 24.8 Å². The molecule has 2 amide bonds. The van der Waals surface area contributed by atoms with Crippen LogP contribution in [0.1, 0.15) is 24.3 Å². The molecule has 1 aliphatic rings. The second kappa shape index (κ2) is 5.88. The zero-order valence-corrected chi connectivity index (χ0v) is 11.4. The van der Waals surface area contributed by atoms with Gasteiger partial charge in [0.2, 0.25) is 0 Å². The Morgan fingerprint density at radius 2 is 2.32 bits per heavy atom. The molecule has 2 rings (SSSR count). The first-order valence-electron chi connectivity index (χ1n) is 6.05. The van der Waals surface area contributed by atoms with E-state index in [1.165, 1.54) is 16.9 Å². The van der Waals surface area contributed by atoms with Crippen LogP contribution in [0.5, 0.6) is 0 Å². The lowest BCUT2D eigenvalue weighted by Crippen LogP contribution is -2.45. The lowest BCUT2D eigenvalue weighted by atomic mass is 10.1. The van der Waals surface area contributed by atoms with Gasteiger partial charge < -0.3 is 15.3 Å². The maximum absolute atomic E-state index is 12.0. The predicted molar refractivity (Wildman–Crippen MR) is 73.2 cm³/mol. The van der Waals surface area contributed by atoms with Gasteiger partial charge in [0.1, 0.15) is 0 Å². The Morgan fingerprint density at radius 1 is 1.53 bits per heavy atom. The van der Waals surface area contributed by atoms with Crippen LogP contribution in [0.25, 0.3) is 0 Å². The van der Waals surface area contributed by atoms with E-state index in [1.807, 2.05) is 13.0 Å². The van der Waals surface area contributed by atoms with Crippen LogP contribution in [-0.2, 0) is 4.79 Å². The fraction of sp³-hybridized carbons (Fsp3) is 0.385. The summed E-state index contributed by atoms with van der Waals surface area (Å²) in [6.45, 7) is 3.19. The minimum atomic E-state index is -1.04. The van der Waals surface area contributed by atoms with Crippen LogP contribution < -0.4 is 5.32 Å². The average molecular weight is 280 g/mol. The van der Waals surface area contributed by atoms with E-state index in [-0.39, 0.29) is 6.03 Å². The SMILES string of the molecule is CC1=CCN(C(=O)NC(C(=O)O)c2cccs2)CC1. The van der Waals surface area contributed by atoms with Crippen molar-refractivity contribution in [3.8, 4) is 0 Å². The van der Waals surface area contributed by atoms with Crippen LogP contribution in [-0.4, -0.2) is 35.1 Å². The van der Waals surface area contributed by atoms with Crippen LogP contribution in [0.15, 0.2) is 29.2 Å². The first-order chi connectivity index (χ1) is 9.08. The van der Waals surface area contributed by atoms with E-state index in [0.29, 0.717) is 18.0 Å². The summed E-state index contributed by atoms with van der Waals surface area (Å²) in [5.74, 6) is -1.04. The summed E-state index contributed by atoms with van der Waals surface area (Å²) in [5, 5.41) is 13.6. The average Bonchev–Trinajstić information content (AvgIpc) is 2.89. The number of carbonyl (C=O) groups excluding carboxylic acids is 1.